The van der Waals surface area contributed by atoms with Crippen molar-refractivity contribution in [2.24, 2.45) is 0 Å². The van der Waals surface area contributed by atoms with Crippen LogP contribution in [-0.2, 0) is 4.79 Å². The summed E-state index contributed by atoms with van der Waals surface area (Å²) in [7, 11) is 1.59. The molecule has 0 aliphatic rings. The Bertz CT molecular complexity index is 1160. The molecule has 0 bridgehead atoms. The van der Waals surface area contributed by atoms with Crippen molar-refractivity contribution in [3.63, 3.8) is 0 Å². The minimum atomic E-state index is -0.295. The lowest BCUT2D eigenvalue weighted by Crippen LogP contribution is -2.25. The van der Waals surface area contributed by atoms with E-state index in [-0.39, 0.29) is 11.2 Å². The van der Waals surface area contributed by atoms with Gasteiger partial charge in [-0.1, -0.05) is 61.2 Å². The second-order valence-electron chi connectivity index (χ2n) is 6.58. The van der Waals surface area contributed by atoms with Gasteiger partial charge in [0.15, 0.2) is 0 Å². The van der Waals surface area contributed by atoms with Crippen LogP contribution in [0.3, 0.4) is 0 Å². The van der Waals surface area contributed by atoms with Crippen molar-refractivity contribution in [1.29, 1.82) is 0 Å². The molecule has 0 spiro atoms. The van der Waals surface area contributed by atoms with Crippen LogP contribution in [0.5, 0.6) is 5.75 Å². The quantitative estimate of drug-likeness (QED) is 0.290. The van der Waals surface area contributed by atoms with E-state index >= 15 is 0 Å². The number of methoxy groups -OCH3 is 1. The molecule has 152 valence electrons. The zero-order valence-corrected chi connectivity index (χ0v) is 18.3. The zero-order valence-electron chi connectivity index (χ0n) is 16.7. The van der Waals surface area contributed by atoms with Crippen LogP contribution < -0.4 is 10.1 Å². The predicted octanol–water partition coefficient (Wildman–Crippen LogP) is 5.88. The molecule has 1 atom stereocenters. The Morgan fingerprint density at radius 1 is 1.13 bits per heavy atom. The van der Waals surface area contributed by atoms with Crippen molar-refractivity contribution in [3.8, 4) is 16.9 Å². The van der Waals surface area contributed by atoms with Crippen LogP contribution in [-0.4, -0.2) is 28.2 Å². The molecule has 2 aromatic carbocycles. The zero-order chi connectivity index (χ0) is 20.9. The molecule has 1 amide bonds. The SMILES string of the molecule is CCC(Sc1ncnc2scc(-c3ccccc3)c12)C(=O)Nc1ccccc1OC. The lowest BCUT2D eigenvalue weighted by Gasteiger charge is -2.16. The van der Waals surface area contributed by atoms with Crippen LogP contribution in [0.15, 0.2) is 71.3 Å². The fourth-order valence-electron chi connectivity index (χ4n) is 3.19. The van der Waals surface area contributed by atoms with Gasteiger partial charge in [-0.25, -0.2) is 9.97 Å². The van der Waals surface area contributed by atoms with E-state index in [0.29, 0.717) is 17.9 Å². The molecular weight excluding hydrogens is 414 g/mol. The highest BCUT2D eigenvalue weighted by atomic mass is 32.2. The third-order valence-electron chi connectivity index (χ3n) is 4.70. The predicted molar refractivity (Wildman–Crippen MR) is 124 cm³/mol. The van der Waals surface area contributed by atoms with Gasteiger partial charge in [0.25, 0.3) is 0 Å². The van der Waals surface area contributed by atoms with Gasteiger partial charge in [0.1, 0.15) is 21.9 Å². The number of nitrogens with zero attached hydrogens (tertiary/aromatic N) is 2. The van der Waals surface area contributed by atoms with Crippen LogP contribution in [0.4, 0.5) is 5.69 Å². The molecule has 2 heterocycles. The fourth-order valence-corrected chi connectivity index (χ4v) is 5.20. The van der Waals surface area contributed by atoms with Crippen LogP contribution in [0, 0.1) is 0 Å². The average molecular weight is 436 g/mol. The monoisotopic (exact) mass is 435 g/mol. The number of amides is 1. The van der Waals surface area contributed by atoms with E-state index in [0.717, 1.165) is 26.4 Å². The second kappa shape index (κ2) is 9.28. The number of para-hydroxylation sites is 2. The van der Waals surface area contributed by atoms with Crippen LogP contribution in [0.25, 0.3) is 21.3 Å². The number of benzene rings is 2. The summed E-state index contributed by atoms with van der Waals surface area (Å²) in [5.41, 5.74) is 2.88. The standard InChI is InChI=1S/C23H21N3O2S2/c1-3-19(21(27)26-17-11-7-8-12-18(17)28-2)30-23-20-16(15-9-5-4-6-10-15)13-29-22(20)24-14-25-23/h4-14,19H,3H2,1-2H3,(H,26,27). The first-order chi connectivity index (χ1) is 14.7. The van der Waals surface area contributed by atoms with Gasteiger partial charge in [0, 0.05) is 10.9 Å². The number of aromatic nitrogens is 2. The summed E-state index contributed by atoms with van der Waals surface area (Å²) in [6.07, 6.45) is 2.24. The first-order valence-electron chi connectivity index (χ1n) is 9.59. The summed E-state index contributed by atoms with van der Waals surface area (Å²) < 4.78 is 5.35. The number of rotatable bonds is 7. The smallest absolute Gasteiger partial charge is 0.238 e. The van der Waals surface area contributed by atoms with E-state index in [9.17, 15) is 4.79 Å². The number of fused-ring (bicyclic) bond motifs is 1. The Hall–Kier alpha value is -2.90. The fraction of sp³-hybridized carbons (Fsp3) is 0.174. The van der Waals surface area contributed by atoms with Crippen LogP contribution in [0.1, 0.15) is 13.3 Å². The maximum atomic E-state index is 13.0. The lowest BCUT2D eigenvalue weighted by atomic mass is 10.1. The Morgan fingerprint density at radius 2 is 1.90 bits per heavy atom. The summed E-state index contributed by atoms with van der Waals surface area (Å²) in [6, 6.07) is 17.6. The van der Waals surface area contributed by atoms with Gasteiger partial charge < -0.3 is 10.1 Å². The minimum Gasteiger partial charge on any atom is -0.495 e. The van der Waals surface area contributed by atoms with Gasteiger partial charge >= 0.3 is 0 Å². The van der Waals surface area contributed by atoms with Gasteiger partial charge in [-0.05, 0) is 24.1 Å². The van der Waals surface area contributed by atoms with E-state index in [4.69, 9.17) is 4.74 Å². The Balaban J connectivity index is 1.64. The number of anilines is 1. The molecule has 7 heteroatoms. The van der Waals surface area contributed by atoms with Gasteiger partial charge in [-0.2, -0.15) is 0 Å². The summed E-state index contributed by atoms with van der Waals surface area (Å²) >= 11 is 3.07. The molecule has 0 fully saturated rings. The molecule has 0 radical (unpaired) electrons. The Labute approximate surface area is 183 Å². The van der Waals surface area contributed by atoms with E-state index in [1.807, 2.05) is 49.4 Å². The first kappa shape index (κ1) is 20.4. The van der Waals surface area contributed by atoms with Crippen LogP contribution in [0.2, 0.25) is 0 Å². The molecule has 2 aromatic heterocycles. The second-order valence-corrected chi connectivity index (χ2v) is 8.63. The number of thioether (sulfide) groups is 1. The number of ether oxygens (including phenoxy) is 1. The van der Waals surface area contributed by atoms with Crippen molar-refractivity contribution in [2.45, 2.75) is 23.6 Å². The summed E-state index contributed by atoms with van der Waals surface area (Å²) in [6.45, 7) is 2.00. The third-order valence-corrected chi connectivity index (χ3v) is 6.95. The normalized spacial score (nSPS) is 11.9. The number of hydrogen-bond donors (Lipinski definition) is 1. The van der Waals surface area contributed by atoms with E-state index in [2.05, 4.69) is 32.8 Å². The van der Waals surface area contributed by atoms with Gasteiger partial charge in [0.2, 0.25) is 5.91 Å². The Kier molecular flexibility index (Phi) is 6.30. The van der Waals surface area contributed by atoms with Gasteiger partial charge in [-0.3, -0.25) is 4.79 Å². The van der Waals surface area contributed by atoms with Gasteiger partial charge in [-0.15, -0.1) is 11.3 Å². The number of carbonyl (C=O) groups excluding carboxylic acids is 1. The molecule has 4 aromatic rings. The molecule has 0 saturated carbocycles. The summed E-state index contributed by atoms with van der Waals surface area (Å²) in [5.74, 6) is 0.564. The largest absolute Gasteiger partial charge is 0.495 e. The lowest BCUT2D eigenvalue weighted by molar-refractivity contribution is -0.115. The van der Waals surface area contributed by atoms with E-state index in [1.165, 1.54) is 11.8 Å². The van der Waals surface area contributed by atoms with Crippen LogP contribution >= 0.6 is 23.1 Å². The summed E-state index contributed by atoms with van der Waals surface area (Å²) in [5, 5.41) is 6.63. The molecule has 30 heavy (non-hydrogen) atoms. The highest BCUT2D eigenvalue weighted by molar-refractivity contribution is 8.00. The van der Waals surface area contributed by atoms with Crippen molar-refractivity contribution >= 4 is 44.9 Å². The number of hydrogen-bond acceptors (Lipinski definition) is 6. The maximum Gasteiger partial charge on any atom is 0.238 e. The van der Waals surface area contributed by atoms with Crippen molar-refractivity contribution in [2.75, 3.05) is 12.4 Å². The van der Waals surface area contributed by atoms with Crippen molar-refractivity contribution in [3.05, 3.63) is 66.3 Å². The number of thiophene rings is 1. The molecule has 1 unspecified atom stereocenters. The van der Waals surface area contributed by atoms with E-state index in [1.54, 1.807) is 24.8 Å². The molecule has 4 rings (SSSR count). The third kappa shape index (κ3) is 4.17. The van der Waals surface area contributed by atoms with Gasteiger partial charge in [0.05, 0.1) is 23.4 Å². The maximum absolute atomic E-state index is 13.0. The number of nitrogens with one attached hydrogen (secondary N) is 1. The topological polar surface area (TPSA) is 64.1 Å². The number of carbonyl (C=O) groups is 1. The molecule has 5 nitrogen and oxygen atoms in total. The minimum absolute atomic E-state index is 0.0738. The van der Waals surface area contributed by atoms with Crippen molar-refractivity contribution < 1.29 is 9.53 Å². The van der Waals surface area contributed by atoms with Crippen molar-refractivity contribution in [1.82, 2.24) is 9.97 Å². The molecular formula is C23H21N3O2S2. The highest BCUT2D eigenvalue weighted by Crippen LogP contribution is 2.39. The highest BCUT2D eigenvalue weighted by Gasteiger charge is 2.23. The molecule has 0 saturated heterocycles. The molecule has 0 aliphatic carbocycles. The summed E-state index contributed by atoms with van der Waals surface area (Å²) in [4.78, 5) is 22.9. The first-order valence-corrected chi connectivity index (χ1v) is 11.3. The molecule has 0 aliphatic heterocycles. The van der Waals surface area contributed by atoms with E-state index < -0.39 is 0 Å². The Morgan fingerprint density at radius 3 is 2.67 bits per heavy atom. The average Bonchev–Trinajstić information content (AvgIpc) is 3.23. The molecule has 1 N–H and O–H groups in total.